The molecule has 2 aromatic carbocycles. The SMILES string of the molecule is COC(=O)c1ccccc1NC(=O)C1CC(c2ccc(Br)cc2)NN1. The number of carbonyl (C=O) groups is 2. The maximum Gasteiger partial charge on any atom is 0.339 e. The molecular formula is C18H18BrN3O3. The fourth-order valence-corrected chi connectivity index (χ4v) is 3.01. The lowest BCUT2D eigenvalue weighted by molar-refractivity contribution is -0.117. The van der Waals surface area contributed by atoms with E-state index < -0.39 is 12.0 Å². The number of rotatable bonds is 4. The summed E-state index contributed by atoms with van der Waals surface area (Å²) in [6.45, 7) is 0. The molecule has 0 aromatic heterocycles. The number of methoxy groups -OCH3 is 1. The first-order valence-electron chi connectivity index (χ1n) is 7.83. The van der Waals surface area contributed by atoms with Crippen molar-refractivity contribution in [2.45, 2.75) is 18.5 Å². The molecule has 1 amide bonds. The van der Waals surface area contributed by atoms with Gasteiger partial charge in [-0.15, -0.1) is 0 Å². The lowest BCUT2D eigenvalue weighted by atomic mass is 10.0. The van der Waals surface area contributed by atoms with Crippen LogP contribution in [-0.2, 0) is 9.53 Å². The van der Waals surface area contributed by atoms with Crippen LogP contribution in [0.4, 0.5) is 5.69 Å². The largest absolute Gasteiger partial charge is 0.465 e. The highest BCUT2D eigenvalue weighted by atomic mass is 79.9. The van der Waals surface area contributed by atoms with Gasteiger partial charge in [0.2, 0.25) is 5.91 Å². The van der Waals surface area contributed by atoms with Crippen LogP contribution in [0.2, 0.25) is 0 Å². The van der Waals surface area contributed by atoms with E-state index in [9.17, 15) is 9.59 Å². The molecule has 0 spiro atoms. The van der Waals surface area contributed by atoms with E-state index in [1.165, 1.54) is 7.11 Å². The summed E-state index contributed by atoms with van der Waals surface area (Å²) < 4.78 is 5.76. The molecule has 2 unspecified atom stereocenters. The second-order valence-corrected chi connectivity index (χ2v) is 6.62. The predicted molar refractivity (Wildman–Crippen MR) is 98.0 cm³/mol. The number of nitrogens with one attached hydrogen (secondary N) is 3. The number of halogens is 1. The van der Waals surface area contributed by atoms with Crippen LogP contribution >= 0.6 is 15.9 Å². The van der Waals surface area contributed by atoms with E-state index in [-0.39, 0.29) is 11.9 Å². The predicted octanol–water partition coefficient (Wildman–Crippen LogP) is 2.78. The number of hydrogen-bond donors (Lipinski definition) is 3. The molecule has 2 atom stereocenters. The highest BCUT2D eigenvalue weighted by Crippen LogP contribution is 2.25. The minimum absolute atomic E-state index is 0.0414. The zero-order valence-electron chi connectivity index (χ0n) is 13.6. The van der Waals surface area contributed by atoms with Crippen LogP contribution in [0.15, 0.2) is 53.0 Å². The van der Waals surface area contributed by atoms with E-state index in [4.69, 9.17) is 4.74 Å². The summed E-state index contributed by atoms with van der Waals surface area (Å²) in [5.41, 5.74) is 8.02. The van der Waals surface area contributed by atoms with Gasteiger partial charge in [-0.25, -0.2) is 15.6 Å². The van der Waals surface area contributed by atoms with Gasteiger partial charge < -0.3 is 10.1 Å². The molecule has 1 aliphatic rings. The van der Waals surface area contributed by atoms with Crippen LogP contribution in [0.3, 0.4) is 0 Å². The van der Waals surface area contributed by atoms with Crippen molar-refractivity contribution >= 4 is 33.5 Å². The Morgan fingerprint density at radius 3 is 2.56 bits per heavy atom. The van der Waals surface area contributed by atoms with Crippen molar-refractivity contribution in [3.05, 3.63) is 64.1 Å². The molecular weight excluding hydrogens is 386 g/mol. The summed E-state index contributed by atoms with van der Waals surface area (Å²) in [4.78, 5) is 24.3. The first kappa shape index (κ1) is 17.6. The molecule has 2 aromatic rings. The fourth-order valence-electron chi connectivity index (χ4n) is 2.74. The Kier molecular flexibility index (Phi) is 5.47. The minimum Gasteiger partial charge on any atom is -0.465 e. The summed E-state index contributed by atoms with van der Waals surface area (Å²) in [5.74, 6) is -0.690. The molecule has 3 N–H and O–H groups in total. The quantitative estimate of drug-likeness (QED) is 0.684. The van der Waals surface area contributed by atoms with Gasteiger partial charge in [0.25, 0.3) is 0 Å². The lowest BCUT2D eigenvalue weighted by Gasteiger charge is -2.13. The number of anilines is 1. The lowest BCUT2D eigenvalue weighted by Crippen LogP contribution is -2.39. The van der Waals surface area contributed by atoms with Crippen molar-refractivity contribution in [2.75, 3.05) is 12.4 Å². The number of carbonyl (C=O) groups excluding carboxylic acids is 2. The van der Waals surface area contributed by atoms with Crippen molar-refractivity contribution in [3.8, 4) is 0 Å². The van der Waals surface area contributed by atoms with Crippen molar-refractivity contribution in [1.82, 2.24) is 10.9 Å². The van der Waals surface area contributed by atoms with Gasteiger partial charge in [0.05, 0.1) is 18.4 Å². The molecule has 130 valence electrons. The number of amides is 1. The van der Waals surface area contributed by atoms with Crippen LogP contribution in [0.1, 0.15) is 28.4 Å². The van der Waals surface area contributed by atoms with Crippen LogP contribution in [-0.4, -0.2) is 25.0 Å². The Bertz CT molecular complexity index is 779. The summed E-state index contributed by atoms with van der Waals surface area (Å²) >= 11 is 3.41. The topological polar surface area (TPSA) is 79.5 Å². The maximum absolute atomic E-state index is 12.5. The molecule has 6 nitrogen and oxygen atoms in total. The molecule has 7 heteroatoms. The Labute approximate surface area is 154 Å². The van der Waals surface area contributed by atoms with Gasteiger partial charge >= 0.3 is 5.97 Å². The molecule has 0 aliphatic carbocycles. The summed E-state index contributed by atoms with van der Waals surface area (Å²) in [5, 5.41) is 2.80. The zero-order valence-corrected chi connectivity index (χ0v) is 15.2. The van der Waals surface area contributed by atoms with Crippen molar-refractivity contribution in [3.63, 3.8) is 0 Å². The number of benzene rings is 2. The molecule has 1 heterocycles. The molecule has 0 saturated carbocycles. The number of ether oxygens (including phenoxy) is 1. The summed E-state index contributed by atoms with van der Waals surface area (Å²) in [7, 11) is 1.31. The number of para-hydroxylation sites is 1. The summed E-state index contributed by atoms with van der Waals surface area (Å²) in [6.07, 6.45) is 0.605. The van der Waals surface area contributed by atoms with Gasteiger partial charge in [-0.05, 0) is 36.2 Å². The first-order valence-corrected chi connectivity index (χ1v) is 8.62. The Morgan fingerprint density at radius 2 is 1.84 bits per heavy atom. The second-order valence-electron chi connectivity index (χ2n) is 5.71. The average Bonchev–Trinajstić information content (AvgIpc) is 3.12. The third-order valence-electron chi connectivity index (χ3n) is 4.08. The number of esters is 1. The van der Waals surface area contributed by atoms with E-state index in [1.54, 1.807) is 24.3 Å². The van der Waals surface area contributed by atoms with Crippen molar-refractivity contribution in [1.29, 1.82) is 0 Å². The third kappa shape index (κ3) is 4.07. The average molecular weight is 404 g/mol. The molecule has 0 radical (unpaired) electrons. The fraction of sp³-hybridized carbons (Fsp3) is 0.222. The van der Waals surface area contributed by atoms with Gasteiger partial charge in [0, 0.05) is 10.5 Å². The van der Waals surface area contributed by atoms with Gasteiger partial charge in [-0.3, -0.25) is 4.79 Å². The molecule has 1 aliphatic heterocycles. The van der Waals surface area contributed by atoms with Crippen LogP contribution in [0, 0.1) is 0 Å². The number of hydrazine groups is 1. The molecule has 1 saturated heterocycles. The van der Waals surface area contributed by atoms with E-state index in [2.05, 4.69) is 32.1 Å². The smallest absolute Gasteiger partial charge is 0.339 e. The normalized spacial score (nSPS) is 19.4. The van der Waals surface area contributed by atoms with E-state index in [0.717, 1.165) is 10.0 Å². The molecule has 1 fully saturated rings. The van der Waals surface area contributed by atoms with Gasteiger partial charge in [-0.2, -0.15) is 0 Å². The monoisotopic (exact) mass is 403 g/mol. The van der Waals surface area contributed by atoms with Crippen LogP contribution in [0.5, 0.6) is 0 Å². The Hall–Kier alpha value is -2.22. The van der Waals surface area contributed by atoms with Crippen molar-refractivity contribution < 1.29 is 14.3 Å². The third-order valence-corrected chi connectivity index (χ3v) is 4.61. The van der Waals surface area contributed by atoms with Gasteiger partial charge in [0.15, 0.2) is 0 Å². The van der Waals surface area contributed by atoms with Gasteiger partial charge in [-0.1, -0.05) is 40.2 Å². The molecule has 25 heavy (non-hydrogen) atoms. The highest BCUT2D eigenvalue weighted by Gasteiger charge is 2.30. The van der Waals surface area contributed by atoms with Crippen molar-refractivity contribution in [2.24, 2.45) is 0 Å². The zero-order chi connectivity index (χ0) is 17.8. The highest BCUT2D eigenvalue weighted by molar-refractivity contribution is 9.10. The Balaban J connectivity index is 1.67. The van der Waals surface area contributed by atoms with Crippen LogP contribution < -0.4 is 16.2 Å². The van der Waals surface area contributed by atoms with Gasteiger partial charge in [0.1, 0.15) is 6.04 Å². The minimum atomic E-state index is -0.485. The Morgan fingerprint density at radius 1 is 1.12 bits per heavy atom. The summed E-state index contributed by atoms with van der Waals surface area (Å²) in [6, 6.07) is 14.4. The first-order chi connectivity index (χ1) is 12.1. The van der Waals surface area contributed by atoms with Crippen LogP contribution in [0.25, 0.3) is 0 Å². The standard InChI is InChI=1S/C18H18BrN3O3/c1-25-18(24)13-4-2-3-5-14(13)20-17(23)16-10-15(21-22-16)11-6-8-12(19)9-7-11/h2-9,15-16,21-22H,10H2,1H3,(H,20,23). The van der Waals surface area contributed by atoms with E-state index in [0.29, 0.717) is 17.7 Å². The van der Waals surface area contributed by atoms with E-state index >= 15 is 0 Å². The maximum atomic E-state index is 12.5. The second kappa shape index (κ2) is 7.77. The van der Waals surface area contributed by atoms with E-state index in [1.807, 2.05) is 24.3 Å². The molecule has 3 rings (SSSR count). The number of hydrogen-bond acceptors (Lipinski definition) is 5. The molecule has 0 bridgehead atoms.